The van der Waals surface area contributed by atoms with Crippen LogP contribution in [0.5, 0.6) is 0 Å². The number of amides is 1. The first-order valence-corrected chi connectivity index (χ1v) is 12.9. The van der Waals surface area contributed by atoms with Gasteiger partial charge >= 0.3 is 7.60 Å². The van der Waals surface area contributed by atoms with Crippen LogP contribution in [0, 0.1) is 0 Å². The topological polar surface area (TPSA) is 98.8 Å². The van der Waals surface area contributed by atoms with Crippen molar-refractivity contribution in [3.63, 3.8) is 0 Å². The first kappa shape index (κ1) is 23.6. The van der Waals surface area contributed by atoms with E-state index in [4.69, 9.17) is 20.6 Å². The minimum atomic E-state index is -3.41. The van der Waals surface area contributed by atoms with Gasteiger partial charge in [-0.15, -0.1) is 0 Å². The predicted octanol–water partition coefficient (Wildman–Crippen LogP) is 4.76. The molecule has 29 heavy (non-hydrogen) atoms. The summed E-state index contributed by atoms with van der Waals surface area (Å²) in [5.74, 6) is -0.475. The van der Waals surface area contributed by atoms with E-state index in [2.05, 4.69) is 5.32 Å². The third-order valence-corrected chi connectivity index (χ3v) is 7.33. The van der Waals surface area contributed by atoms with Crippen LogP contribution in [0.15, 0.2) is 47.4 Å². The Hall–Kier alpha value is -1.70. The van der Waals surface area contributed by atoms with Crippen molar-refractivity contribution in [2.75, 3.05) is 24.8 Å². The summed E-state index contributed by atoms with van der Waals surface area (Å²) in [6.07, 6.45) is 1.19. The Balaban J connectivity index is 2.11. The van der Waals surface area contributed by atoms with E-state index in [-0.39, 0.29) is 34.9 Å². The average Bonchev–Trinajstić information content (AvgIpc) is 2.62. The Morgan fingerprint density at radius 2 is 1.66 bits per heavy atom. The van der Waals surface area contributed by atoms with Gasteiger partial charge in [0.1, 0.15) is 0 Å². The maximum atomic E-state index is 12.6. The summed E-state index contributed by atoms with van der Waals surface area (Å²) in [5.41, 5.74) is 1.40. The third kappa shape index (κ3) is 6.66. The number of hydrogen-bond donors (Lipinski definition) is 1. The van der Waals surface area contributed by atoms with Crippen molar-refractivity contribution in [1.29, 1.82) is 0 Å². The van der Waals surface area contributed by atoms with Crippen LogP contribution in [-0.2, 0) is 29.6 Å². The van der Waals surface area contributed by atoms with E-state index >= 15 is 0 Å². The molecule has 7 nitrogen and oxygen atoms in total. The van der Waals surface area contributed by atoms with Gasteiger partial charge in [-0.2, -0.15) is 0 Å². The van der Waals surface area contributed by atoms with Crippen molar-refractivity contribution < 1.29 is 26.8 Å². The van der Waals surface area contributed by atoms with Crippen molar-refractivity contribution in [2.24, 2.45) is 0 Å². The molecule has 0 saturated carbocycles. The van der Waals surface area contributed by atoms with Crippen molar-refractivity contribution in [3.8, 4) is 0 Å². The summed E-state index contributed by atoms with van der Waals surface area (Å²) < 4.78 is 46.3. The predicted molar refractivity (Wildman–Crippen MR) is 114 cm³/mol. The zero-order valence-electron chi connectivity index (χ0n) is 16.3. The first-order valence-electron chi connectivity index (χ1n) is 8.86. The molecule has 1 amide bonds. The molecule has 0 aliphatic carbocycles. The molecule has 0 heterocycles. The van der Waals surface area contributed by atoms with Crippen molar-refractivity contribution in [3.05, 3.63) is 58.6 Å². The number of anilines is 1. The number of nitrogens with one attached hydrogen (secondary N) is 1. The van der Waals surface area contributed by atoms with Gasteiger partial charge in [0.2, 0.25) is 0 Å². The fraction of sp³-hybridized carbons (Fsp3) is 0.316. The highest BCUT2D eigenvalue weighted by Crippen LogP contribution is 2.51. The van der Waals surface area contributed by atoms with Crippen molar-refractivity contribution >= 4 is 40.6 Å². The first-order chi connectivity index (χ1) is 13.6. The molecule has 0 aliphatic heterocycles. The molecule has 0 bridgehead atoms. The summed E-state index contributed by atoms with van der Waals surface area (Å²) in [5, 5.41) is 2.73. The number of carbonyl (C=O) groups is 1. The molecule has 0 radical (unpaired) electrons. The Kier molecular flexibility index (Phi) is 8.02. The molecule has 0 spiro atoms. The van der Waals surface area contributed by atoms with Gasteiger partial charge in [-0.05, 0) is 49.7 Å². The Bertz CT molecular complexity index is 1010. The molecule has 10 heteroatoms. The summed E-state index contributed by atoms with van der Waals surface area (Å²) in [6, 6.07) is 10.7. The third-order valence-electron chi connectivity index (χ3n) is 3.85. The summed E-state index contributed by atoms with van der Waals surface area (Å²) >= 11 is 6.07. The average molecular weight is 460 g/mol. The SMILES string of the molecule is CCOP(=O)(Cc1ccc(NC(=O)c2ccc(S(C)(=O)=O)cc2Cl)cc1)OCC. The Morgan fingerprint density at radius 3 is 2.14 bits per heavy atom. The summed E-state index contributed by atoms with van der Waals surface area (Å²) in [6.45, 7) is 4.06. The van der Waals surface area contributed by atoms with Crippen LogP contribution in [0.1, 0.15) is 29.8 Å². The van der Waals surface area contributed by atoms with Gasteiger partial charge in [-0.3, -0.25) is 9.36 Å². The summed E-state index contributed by atoms with van der Waals surface area (Å²) in [4.78, 5) is 12.5. The van der Waals surface area contributed by atoms with Gasteiger partial charge in [-0.25, -0.2) is 8.42 Å². The van der Waals surface area contributed by atoms with E-state index in [9.17, 15) is 17.8 Å². The normalized spacial score (nSPS) is 12.0. The molecule has 2 aromatic rings. The van der Waals surface area contributed by atoms with Crippen LogP contribution in [0.3, 0.4) is 0 Å². The minimum Gasteiger partial charge on any atom is -0.322 e. The number of rotatable bonds is 9. The molecule has 2 aromatic carbocycles. The Labute approximate surface area is 175 Å². The highest BCUT2D eigenvalue weighted by Gasteiger charge is 2.24. The number of hydrogen-bond acceptors (Lipinski definition) is 6. The van der Waals surface area contributed by atoms with Gasteiger partial charge in [-0.1, -0.05) is 23.7 Å². The van der Waals surface area contributed by atoms with Gasteiger partial charge in [0.15, 0.2) is 9.84 Å². The number of halogens is 1. The van der Waals surface area contributed by atoms with Gasteiger partial charge < -0.3 is 14.4 Å². The van der Waals surface area contributed by atoms with Crippen LogP contribution in [0.4, 0.5) is 5.69 Å². The van der Waals surface area contributed by atoms with Crippen molar-refractivity contribution in [2.45, 2.75) is 24.9 Å². The number of carbonyl (C=O) groups excluding carboxylic acids is 1. The molecular formula is C19H23ClNO6PS. The fourth-order valence-electron chi connectivity index (χ4n) is 2.55. The second-order valence-electron chi connectivity index (χ2n) is 6.17. The highest BCUT2D eigenvalue weighted by atomic mass is 35.5. The number of sulfone groups is 1. The van der Waals surface area contributed by atoms with Crippen LogP contribution in [-0.4, -0.2) is 33.8 Å². The molecule has 0 aliphatic rings. The molecule has 0 saturated heterocycles. The van der Waals surface area contributed by atoms with E-state index in [1.165, 1.54) is 18.2 Å². The molecular weight excluding hydrogens is 437 g/mol. The maximum Gasteiger partial charge on any atom is 0.335 e. The van der Waals surface area contributed by atoms with Crippen LogP contribution in [0.2, 0.25) is 5.02 Å². The standard InChI is InChI=1S/C19H23ClNO6PS/c1-4-26-28(23,27-5-2)13-14-6-8-15(9-7-14)21-19(22)17-11-10-16(12-18(17)20)29(3,24)25/h6-12H,4-5,13H2,1-3H3,(H,21,22). The second-order valence-corrected chi connectivity index (χ2v) is 10.6. The fourth-order valence-corrected chi connectivity index (χ4v) is 5.23. The van der Waals surface area contributed by atoms with E-state index in [1.54, 1.807) is 38.1 Å². The quantitative estimate of drug-likeness (QED) is 0.543. The highest BCUT2D eigenvalue weighted by molar-refractivity contribution is 7.90. The Morgan fingerprint density at radius 1 is 1.07 bits per heavy atom. The van der Waals surface area contributed by atoms with Gasteiger partial charge in [0.05, 0.1) is 34.9 Å². The van der Waals surface area contributed by atoms with Crippen LogP contribution < -0.4 is 5.32 Å². The van der Waals surface area contributed by atoms with E-state index in [0.29, 0.717) is 5.69 Å². The minimum absolute atomic E-state index is 0.0383. The lowest BCUT2D eigenvalue weighted by atomic mass is 10.2. The summed E-state index contributed by atoms with van der Waals surface area (Å²) in [7, 11) is -6.63. The van der Waals surface area contributed by atoms with Gasteiger partial charge in [0.25, 0.3) is 5.91 Å². The molecule has 0 aromatic heterocycles. The van der Waals surface area contributed by atoms with E-state index in [0.717, 1.165) is 11.8 Å². The molecule has 2 rings (SSSR count). The molecule has 158 valence electrons. The monoisotopic (exact) mass is 459 g/mol. The molecule has 0 atom stereocenters. The largest absolute Gasteiger partial charge is 0.335 e. The lowest BCUT2D eigenvalue weighted by molar-refractivity contribution is 0.102. The number of benzene rings is 2. The molecule has 1 N–H and O–H groups in total. The maximum absolute atomic E-state index is 12.6. The lowest BCUT2D eigenvalue weighted by Gasteiger charge is -2.17. The van der Waals surface area contributed by atoms with Crippen LogP contribution in [0.25, 0.3) is 0 Å². The van der Waals surface area contributed by atoms with Crippen molar-refractivity contribution in [1.82, 2.24) is 0 Å². The molecule has 0 unspecified atom stereocenters. The zero-order valence-corrected chi connectivity index (χ0v) is 18.8. The molecule has 0 fully saturated rings. The zero-order chi connectivity index (χ0) is 21.7. The van der Waals surface area contributed by atoms with E-state index < -0.39 is 23.3 Å². The lowest BCUT2D eigenvalue weighted by Crippen LogP contribution is -2.13. The van der Waals surface area contributed by atoms with Crippen LogP contribution >= 0.6 is 19.2 Å². The second kappa shape index (κ2) is 9.87. The smallest absolute Gasteiger partial charge is 0.322 e. The van der Waals surface area contributed by atoms with Gasteiger partial charge in [0, 0.05) is 11.9 Å². The van der Waals surface area contributed by atoms with E-state index in [1.807, 2.05) is 0 Å².